The third-order valence-electron chi connectivity index (χ3n) is 6.85. The highest BCUT2D eigenvalue weighted by atomic mass is 16.5. The molecule has 6 rings (SSSR count). The molecule has 1 aromatic heterocycles. The predicted octanol–water partition coefficient (Wildman–Crippen LogP) is 3.60. The van der Waals surface area contributed by atoms with Crippen molar-refractivity contribution in [3.8, 4) is 5.75 Å². The van der Waals surface area contributed by atoms with Gasteiger partial charge in [-0.15, -0.1) is 0 Å². The van der Waals surface area contributed by atoms with Crippen LogP contribution in [0.25, 0.3) is 6.08 Å². The Morgan fingerprint density at radius 1 is 0.914 bits per heavy atom. The summed E-state index contributed by atoms with van der Waals surface area (Å²) in [6, 6.07) is 15.7. The molecule has 4 heterocycles. The molecule has 174 valence electrons. The Labute approximate surface area is 200 Å². The molecule has 4 unspecified atom stereocenters. The van der Waals surface area contributed by atoms with Crippen molar-refractivity contribution in [3.63, 3.8) is 0 Å². The summed E-state index contributed by atoms with van der Waals surface area (Å²) in [5, 5.41) is 0. The molecule has 2 fully saturated rings. The molecular formula is C27H20N2O6. The molecule has 8 heteroatoms. The van der Waals surface area contributed by atoms with Crippen molar-refractivity contribution in [2.24, 2.45) is 11.8 Å². The molecule has 0 radical (unpaired) electrons. The van der Waals surface area contributed by atoms with Gasteiger partial charge < -0.3 is 14.1 Å². The van der Waals surface area contributed by atoms with Crippen LogP contribution in [-0.2, 0) is 14.4 Å². The average Bonchev–Trinajstić information content (AvgIpc) is 3.56. The van der Waals surface area contributed by atoms with Crippen LogP contribution >= 0.6 is 0 Å². The minimum absolute atomic E-state index is 0.145. The van der Waals surface area contributed by atoms with E-state index in [9.17, 15) is 19.2 Å². The van der Waals surface area contributed by atoms with E-state index in [4.69, 9.17) is 9.15 Å². The fourth-order valence-electron chi connectivity index (χ4n) is 5.51. The lowest BCUT2D eigenvalue weighted by Crippen LogP contribution is -2.44. The molecule has 3 aromatic rings. The second-order valence-electron chi connectivity index (χ2n) is 8.77. The quantitative estimate of drug-likeness (QED) is 0.250. The number of anilines is 1. The Bertz CT molecular complexity index is 1390. The maximum absolute atomic E-state index is 13.8. The molecule has 3 aliphatic heterocycles. The zero-order valence-corrected chi connectivity index (χ0v) is 18.7. The highest BCUT2D eigenvalue weighted by molar-refractivity contribution is 6.24. The van der Waals surface area contributed by atoms with Crippen LogP contribution in [0.1, 0.15) is 34.6 Å². The smallest absolute Gasteiger partial charge is 0.308 e. The van der Waals surface area contributed by atoms with Crippen molar-refractivity contribution >= 4 is 35.3 Å². The van der Waals surface area contributed by atoms with Gasteiger partial charge >= 0.3 is 5.97 Å². The zero-order valence-electron chi connectivity index (χ0n) is 18.7. The standard InChI is InChI=1S/C27H20N2O6/c1-15(30)35-18-10-8-17(9-11-18)29-26(32)21-22(27(29)33)24(25(31)20-7-4-14-34-20)28-13-12-16-5-2-3-6-19(16)23(21)28/h2-14,21-24H,1H3. The summed E-state index contributed by atoms with van der Waals surface area (Å²) < 4.78 is 10.4. The van der Waals surface area contributed by atoms with Gasteiger partial charge in [-0.3, -0.25) is 19.2 Å². The highest BCUT2D eigenvalue weighted by Gasteiger charge is 2.64. The monoisotopic (exact) mass is 468 g/mol. The first kappa shape index (κ1) is 21.1. The zero-order chi connectivity index (χ0) is 24.3. The third-order valence-corrected chi connectivity index (χ3v) is 6.85. The van der Waals surface area contributed by atoms with Crippen LogP contribution in [0.5, 0.6) is 5.75 Å². The molecule has 35 heavy (non-hydrogen) atoms. The number of hydrogen-bond acceptors (Lipinski definition) is 7. The van der Waals surface area contributed by atoms with Gasteiger partial charge in [-0.05, 0) is 53.6 Å². The molecule has 4 atom stereocenters. The number of furan rings is 1. The summed E-state index contributed by atoms with van der Waals surface area (Å²) in [6.45, 7) is 1.29. The Kier molecular flexibility index (Phi) is 4.70. The van der Waals surface area contributed by atoms with Gasteiger partial charge in [0, 0.05) is 13.1 Å². The van der Waals surface area contributed by atoms with E-state index in [-0.39, 0.29) is 17.5 Å². The Balaban J connectivity index is 1.44. The maximum atomic E-state index is 13.8. The first-order valence-electron chi connectivity index (χ1n) is 11.2. The highest BCUT2D eigenvalue weighted by Crippen LogP contribution is 2.53. The maximum Gasteiger partial charge on any atom is 0.308 e. The van der Waals surface area contributed by atoms with Gasteiger partial charge in [-0.2, -0.15) is 0 Å². The van der Waals surface area contributed by atoms with E-state index in [1.807, 2.05) is 35.2 Å². The summed E-state index contributed by atoms with van der Waals surface area (Å²) in [6.07, 6.45) is 5.11. The SMILES string of the molecule is CC(=O)Oc1ccc(N2C(=O)C3C(C2=O)C2c4ccccc4C=CN2C3C(=O)c2ccco2)cc1. The molecule has 0 saturated carbocycles. The van der Waals surface area contributed by atoms with E-state index in [1.165, 1.54) is 25.3 Å². The summed E-state index contributed by atoms with van der Waals surface area (Å²) in [7, 11) is 0. The number of benzene rings is 2. The molecule has 2 saturated heterocycles. The number of carbonyl (C=O) groups is 4. The van der Waals surface area contributed by atoms with Crippen LogP contribution in [0.4, 0.5) is 5.69 Å². The topological polar surface area (TPSA) is 97.1 Å². The molecule has 2 aromatic carbocycles. The van der Waals surface area contributed by atoms with Crippen LogP contribution in [0.3, 0.4) is 0 Å². The molecule has 0 bridgehead atoms. The summed E-state index contributed by atoms with van der Waals surface area (Å²) in [5.41, 5.74) is 2.21. The minimum Gasteiger partial charge on any atom is -0.461 e. The third kappa shape index (κ3) is 3.13. The van der Waals surface area contributed by atoms with Crippen LogP contribution in [0.2, 0.25) is 0 Å². The van der Waals surface area contributed by atoms with Gasteiger partial charge in [0.2, 0.25) is 17.6 Å². The second-order valence-corrected chi connectivity index (χ2v) is 8.77. The number of ketones is 1. The summed E-state index contributed by atoms with van der Waals surface area (Å²) in [4.78, 5) is 55.4. The van der Waals surface area contributed by atoms with Crippen molar-refractivity contribution in [2.75, 3.05) is 4.90 Å². The predicted molar refractivity (Wildman–Crippen MR) is 124 cm³/mol. The van der Waals surface area contributed by atoms with Crippen LogP contribution in [0.15, 0.2) is 77.5 Å². The normalized spacial score (nSPS) is 24.3. The lowest BCUT2D eigenvalue weighted by Gasteiger charge is -2.35. The van der Waals surface area contributed by atoms with Crippen LogP contribution in [0, 0.1) is 11.8 Å². The molecule has 0 N–H and O–H groups in total. The fraction of sp³-hybridized carbons (Fsp3) is 0.185. The summed E-state index contributed by atoms with van der Waals surface area (Å²) >= 11 is 0. The van der Waals surface area contributed by atoms with Crippen LogP contribution in [-0.4, -0.2) is 34.5 Å². The van der Waals surface area contributed by atoms with E-state index < -0.39 is 35.8 Å². The van der Waals surface area contributed by atoms with Gasteiger partial charge in [0.05, 0.1) is 29.8 Å². The van der Waals surface area contributed by atoms with Crippen LogP contribution < -0.4 is 9.64 Å². The van der Waals surface area contributed by atoms with E-state index in [0.717, 1.165) is 16.0 Å². The second kappa shape index (κ2) is 7.80. The number of amides is 2. The molecule has 0 aliphatic carbocycles. The first-order valence-corrected chi connectivity index (χ1v) is 11.2. The van der Waals surface area contributed by atoms with E-state index >= 15 is 0 Å². The van der Waals surface area contributed by atoms with E-state index in [2.05, 4.69) is 0 Å². The molecular weight excluding hydrogens is 448 g/mol. The number of nitrogens with zero attached hydrogens (tertiary/aromatic N) is 2. The van der Waals surface area contributed by atoms with Crippen molar-refractivity contribution in [3.05, 3.63) is 90.0 Å². The van der Waals surface area contributed by atoms with E-state index in [1.54, 1.807) is 30.5 Å². The minimum atomic E-state index is -0.887. The largest absolute Gasteiger partial charge is 0.461 e. The number of Topliss-reactive ketones (excluding diaryl/α,β-unsaturated/α-hetero) is 1. The van der Waals surface area contributed by atoms with E-state index in [0.29, 0.717) is 11.4 Å². The number of ether oxygens (including phenoxy) is 1. The Morgan fingerprint density at radius 3 is 2.37 bits per heavy atom. The number of rotatable bonds is 4. The molecule has 0 spiro atoms. The van der Waals surface area contributed by atoms with Crippen molar-refractivity contribution < 1.29 is 28.3 Å². The van der Waals surface area contributed by atoms with Crippen molar-refractivity contribution in [1.82, 2.24) is 4.90 Å². The van der Waals surface area contributed by atoms with Gasteiger partial charge in [0.15, 0.2) is 5.76 Å². The Morgan fingerprint density at radius 2 is 1.66 bits per heavy atom. The number of imide groups is 1. The lowest BCUT2D eigenvalue weighted by molar-refractivity contribution is -0.132. The average molecular weight is 468 g/mol. The van der Waals surface area contributed by atoms with Gasteiger partial charge in [-0.25, -0.2) is 4.90 Å². The number of fused-ring (bicyclic) bond motifs is 5. The van der Waals surface area contributed by atoms with Crippen molar-refractivity contribution in [1.29, 1.82) is 0 Å². The number of esters is 1. The lowest BCUT2D eigenvalue weighted by atomic mass is 9.84. The molecule has 8 nitrogen and oxygen atoms in total. The Hall–Kier alpha value is -4.46. The van der Waals surface area contributed by atoms with Gasteiger partial charge in [-0.1, -0.05) is 24.3 Å². The molecule has 2 amide bonds. The number of hydrogen-bond donors (Lipinski definition) is 0. The molecule has 3 aliphatic rings. The first-order chi connectivity index (χ1) is 17.0. The van der Waals surface area contributed by atoms with Gasteiger partial charge in [0.25, 0.3) is 0 Å². The summed E-state index contributed by atoms with van der Waals surface area (Å²) in [5.74, 6) is -2.79. The number of carbonyl (C=O) groups excluding carboxylic acids is 4. The van der Waals surface area contributed by atoms with Crippen molar-refractivity contribution in [2.45, 2.75) is 19.0 Å². The van der Waals surface area contributed by atoms with Gasteiger partial charge in [0.1, 0.15) is 11.8 Å². The fourth-order valence-corrected chi connectivity index (χ4v) is 5.51.